The molecule has 6 nitrogen and oxygen atoms in total. The number of benzene rings is 1. The zero-order valence-electron chi connectivity index (χ0n) is 13.6. The molecule has 0 radical (unpaired) electrons. The van der Waals surface area contributed by atoms with Crippen molar-refractivity contribution in [2.75, 3.05) is 5.32 Å². The van der Waals surface area contributed by atoms with E-state index in [1.165, 1.54) is 6.20 Å². The third-order valence-electron chi connectivity index (χ3n) is 3.74. The second-order valence-electron chi connectivity index (χ2n) is 5.60. The van der Waals surface area contributed by atoms with E-state index in [-0.39, 0.29) is 5.91 Å². The van der Waals surface area contributed by atoms with E-state index in [9.17, 15) is 4.79 Å². The number of nitrogens with zero attached hydrogens (tertiary/aromatic N) is 4. The third kappa shape index (κ3) is 4.49. The van der Waals surface area contributed by atoms with E-state index in [1.54, 1.807) is 21.8 Å². The highest BCUT2D eigenvalue weighted by molar-refractivity contribution is 9.10. The van der Waals surface area contributed by atoms with E-state index in [2.05, 4.69) is 31.4 Å². The van der Waals surface area contributed by atoms with Crippen LogP contribution in [0, 0.1) is 0 Å². The number of amides is 1. The minimum Gasteiger partial charge on any atom is -0.322 e. The first kappa shape index (κ1) is 17.7. The Morgan fingerprint density at radius 3 is 2.64 bits per heavy atom. The van der Waals surface area contributed by atoms with Crippen LogP contribution in [0.15, 0.2) is 53.5 Å². The molecule has 0 fully saturated rings. The van der Waals surface area contributed by atoms with Gasteiger partial charge in [0.25, 0.3) is 0 Å². The van der Waals surface area contributed by atoms with Crippen LogP contribution in [0.5, 0.6) is 0 Å². The Morgan fingerprint density at radius 2 is 2.00 bits per heavy atom. The number of aromatic nitrogens is 4. The van der Waals surface area contributed by atoms with Gasteiger partial charge in [0.1, 0.15) is 6.04 Å². The minimum absolute atomic E-state index is 0.148. The third-order valence-corrected chi connectivity index (χ3v) is 4.46. The summed E-state index contributed by atoms with van der Waals surface area (Å²) in [7, 11) is 0. The van der Waals surface area contributed by atoms with E-state index in [1.807, 2.05) is 37.4 Å². The molecule has 0 spiro atoms. The fraction of sp³-hybridized carbons (Fsp3) is 0.235. The van der Waals surface area contributed by atoms with Crippen LogP contribution >= 0.6 is 27.5 Å². The SMILES string of the molecule is CCC(C(=O)Nc1cnn(Cc2ccc(Br)cc2)c1)n1cc(Cl)cn1. The highest BCUT2D eigenvalue weighted by Gasteiger charge is 2.20. The van der Waals surface area contributed by atoms with Crippen LogP contribution in [-0.4, -0.2) is 25.5 Å². The van der Waals surface area contributed by atoms with Gasteiger partial charge in [-0.15, -0.1) is 0 Å². The van der Waals surface area contributed by atoms with E-state index in [0.29, 0.717) is 23.7 Å². The summed E-state index contributed by atoms with van der Waals surface area (Å²) < 4.78 is 4.39. The smallest absolute Gasteiger partial charge is 0.249 e. The van der Waals surface area contributed by atoms with Crippen molar-refractivity contribution in [1.29, 1.82) is 0 Å². The Bertz CT molecular complexity index is 858. The predicted octanol–water partition coefficient (Wildman–Crippen LogP) is 4.13. The van der Waals surface area contributed by atoms with Gasteiger partial charge < -0.3 is 5.32 Å². The first-order valence-electron chi connectivity index (χ1n) is 7.82. The van der Waals surface area contributed by atoms with E-state index < -0.39 is 6.04 Å². The maximum Gasteiger partial charge on any atom is 0.249 e. The Balaban J connectivity index is 1.65. The van der Waals surface area contributed by atoms with Gasteiger partial charge in [-0.1, -0.05) is 46.6 Å². The lowest BCUT2D eigenvalue weighted by Crippen LogP contribution is -2.25. The van der Waals surface area contributed by atoms with Crippen LogP contribution < -0.4 is 5.32 Å². The molecule has 3 aromatic rings. The molecule has 3 rings (SSSR count). The van der Waals surface area contributed by atoms with E-state index in [4.69, 9.17) is 11.6 Å². The molecule has 2 aromatic heterocycles. The highest BCUT2D eigenvalue weighted by Crippen LogP contribution is 2.17. The van der Waals surface area contributed by atoms with Crippen molar-refractivity contribution >= 4 is 39.1 Å². The molecular weight excluding hydrogens is 406 g/mol. The molecule has 0 aliphatic rings. The maximum atomic E-state index is 12.5. The molecule has 1 amide bonds. The molecule has 0 bridgehead atoms. The van der Waals surface area contributed by atoms with Crippen LogP contribution in [0.25, 0.3) is 0 Å². The van der Waals surface area contributed by atoms with Gasteiger partial charge in [-0.2, -0.15) is 10.2 Å². The summed E-state index contributed by atoms with van der Waals surface area (Å²) in [4.78, 5) is 12.5. The van der Waals surface area contributed by atoms with Gasteiger partial charge in [-0.3, -0.25) is 14.2 Å². The Morgan fingerprint density at radius 1 is 1.24 bits per heavy atom. The highest BCUT2D eigenvalue weighted by atomic mass is 79.9. The summed E-state index contributed by atoms with van der Waals surface area (Å²) in [6, 6.07) is 7.62. The van der Waals surface area contributed by atoms with Gasteiger partial charge in [-0.25, -0.2) is 0 Å². The summed E-state index contributed by atoms with van der Waals surface area (Å²) in [6.07, 6.45) is 7.22. The standard InChI is InChI=1S/C17H17BrClN5O/c1-2-16(24-10-14(19)7-21-24)17(25)22-15-8-20-23(11-15)9-12-3-5-13(18)6-4-12/h3-8,10-11,16H,2,9H2,1H3,(H,22,25). The maximum absolute atomic E-state index is 12.5. The summed E-state index contributed by atoms with van der Waals surface area (Å²) >= 11 is 9.30. The van der Waals surface area contributed by atoms with Crippen molar-refractivity contribution in [2.45, 2.75) is 25.9 Å². The van der Waals surface area contributed by atoms with E-state index in [0.717, 1.165) is 10.0 Å². The molecule has 0 aliphatic heterocycles. The molecule has 25 heavy (non-hydrogen) atoms. The van der Waals surface area contributed by atoms with Gasteiger partial charge in [-0.05, 0) is 24.1 Å². The largest absolute Gasteiger partial charge is 0.322 e. The lowest BCUT2D eigenvalue weighted by Gasteiger charge is -2.14. The molecule has 0 aliphatic carbocycles. The van der Waals surface area contributed by atoms with Crippen molar-refractivity contribution in [3.8, 4) is 0 Å². The summed E-state index contributed by atoms with van der Waals surface area (Å²) in [6.45, 7) is 2.56. The Labute approximate surface area is 158 Å². The van der Waals surface area contributed by atoms with Crippen LogP contribution in [0.4, 0.5) is 5.69 Å². The molecule has 0 saturated heterocycles. The predicted molar refractivity (Wildman–Crippen MR) is 101 cm³/mol. The van der Waals surface area contributed by atoms with Crippen LogP contribution in [0.2, 0.25) is 5.02 Å². The number of halogens is 2. The minimum atomic E-state index is -0.415. The molecule has 1 unspecified atom stereocenters. The number of nitrogens with one attached hydrogen (secondary N) is 1. The first-order chi connectivity index (χ1) is 12.0. The van der Waals surface area contributed by atoms with Crippen LogP contribution in [0.3, 0.4) is 0 Å². The number of anilines is 1. The van der Waals surface area contributed by atoms with Crippen LogP contribution in [0.1, 0.15) is 24.9 Å². The lowest BCUT2D eigenvalue weighted by molar-refractivity contribution is -0.119. The van der Waals surface area contributed by atoms with Gasteiger partial charge in [0, 0.05) is 16.9 Å². The van der Waals surface area contributed by atoms with E-state index >= 15 is 0 Å². The molecule has 0 saturated carbocycles. The average Bonchev–Trinajstić information content (AvgIpc) is 3.20. The average molecular weight is 423 g/mol. The fourth-order valence-corrected chi connectivity index (χ4v) is 2.90. The zero-order chi connectivity index (χ0) is 17.8. The Kier molecular flexibility index (Phi) is 5.55. The van der Waals surface area contributed by atoms with Crippen molar-refractivity contribution in [2.24, 2.45) is 0 Å². The topological polar surface area (TPSA) is 64.7 Å². The van der Waals surface area contributed by atoms with Gasteiger partial charge in [0.15, 0.2) is 0 Å². The lowest BCUT2D eigenvalue weighted by atomic mass is 10.2. The molecule has 8 heteroatoms. The molecule has 130 valence electrons. The van der Waals surface area contributed by atoms with Crippen molar-refractivity contribution in [1.82, 2.24) is 19.6 Å². The van der Waals surface area contributed by atoms with Gasteiger partial charge in [0.2, 0.25) is 5.91 Å². The quantitative estimate of drug-likeness (QED) is 0.649. The van der Waals surface area contributed by atoms with Crippen LogP contribution in [-0.2, 0) is 11.3 Å². The zero-order valence-corrected chi connectivity index (χ0v) is 15.9. The second kappa shape index (κ2) is 7.84. The summed E-state index contributed by atoms with van der Waals surface area (Å²) in [5.41, 5.74) is 1.78. The summed E-state index contributed by atoms with van der Waals surface area (Å²) in [5, 5.41) is 11.8. The number of hydrogen-bond acceptors (Lipinski definition) is 3. The Hall–Kier alpha value is -2.12. The number of hydrogen-bond donors (Lipinski definition) is 1. The summed E-state index contributed by atoms with van der Waals surface area (Å²) in [5.74, 6) is -0.148. The molecular formula is C17H17BrClN5O. The number of carbonyl (C=O) groups is 1. The first-order valence-corrected chi connectivity index (χ1v) is 8.99. The monoisotopic (exact) mass is 421 g/mol. The van der Waals surface area contributed by atoms with Gasteiger partial charge in [0.05, 0.1) is 29.6 Å². The van der Waals surface area contributed by atoms with Gasteiger partial charge >= 0.3 is 0 Å². The fourth-order valence-electron chi connectivity index (χ4n) is 2.49. The van der Waals surface area contributed by atoms with Crippen molar-refractivity contribution < 1.29 is 4.79 Å². The van der Waals surface area contributed by atoms with Crippen molar-refractivity contribution in [3.63, 3.8) is 0 Å². The molecule has 1 atom stereocenters. The number of carbonyl (C=O) groups excluding carboxylic acids is 1. The molecule has 1 aromatic carbocycles. The number of rotatable bonds is 6. The molecule has 2 heterocycles. The molecule has 1 N–H and O–H groups in total. The van der Waals surface area contributed by atoms with Crippen molar-refractivity contribution in [3.05, 3.63) is 64.1 Å². The normalized spacial score (nSPS) is 12.1. The second-order valence-corrected chi connectivity index (χ2v) is 6.96.